The molecule has 0 bridgehead atoms. The third kappa shape index (κ3) is 9.54. The zero-order valence-electron chi connectivity index (χ0n) is 59.7. The number of fused-ring (bicyclic) bond motifs is 21. The molecule has 2 spiro atoms. The molecule has 0 saturated heterocycles. The predicted molar refractivity (Wildman–Crippen MR) is 447 cm³/mol. The highest BCUT2D eigenvalue weighted by Crippen LogP contribution is 2.66. The summed E-state index contributed by atoms with van der Waals surface area (Å²) >= 11 is 3.76. The van der Waals surface area contributed by atoms with Crippen molar-refractivity contribution in [2.75, 3.05) is 0 Å². The van der Waals surface area contributed by atoms with Crippen LogP contribution in [0, 0.1) is 0 Å². The third-order valence-electron chi connectivity index (χ3n) is 23.7. The standard InChI is InChI=1S/C103H66N4S2/c1-101(2)81-44-13-8-36-73(81)78-56-55-68(60-90(78)101)93-61-92(67-32-24-31-66(59-67)71-42-25-51-88-97(71)108-95-53-20-18-49-86(95)102(88)82-45-14-9-37-74(82)75-38-10-15-46-83(75)102)105-99(106-93)69-33-22-29-64(57-69)65-30-23-34-70(58-65)100-104-91(63-27-4-3-5-28-63)62-94(107-100)79-41-7-6-35-72(79)80-43-26-52-89-98(80)109-96-54-21-19-50-87(96)103(89)84-47-16-11-39-76(84)77-40-12-17-48-85(77)103/h3-62H,1-2H3. The fourth-order valence-corrected chi connectivity index (χ4v) is 21.5. The lowest BCUT2D eigenvalue weighted by Crippen LogP contribution is -2.32. The maximum Gasteiger partial charge on any atom is 0.160 e. The van der Waals surface area contributed by atoms with Crippen LogP contribution in [0.25, 0.3) is 135 Å². The second-order valence-electron chi connectivity index (χ2n) is 29.8. The summed E-state index contributed by atoms with van der Waals surface area (Å²) < 4.78 is 0. The first-order valence-corrected chi connectivity index (χ1v) is 39.1. The van der Waals surface area contributed by atoms with E-state index < -0.39 is 10.8 Å². The van der Waals surface area contributed by atoms with Crippen molar-refractivity contribution in [1.29, 1.82) is 0 Å². The summed E-state index contributed by atoms with van der Waals surface area (Å²) in [5.74, 6) is 1.28. The Morgan fingerprint density at radius 3 is 1.06 bits per heavy atom. The van der Waals surface area contributed by atoms with Gasteiger partial charge in [0.25, 0.3) is 0 Å². The van der Waals surface area contributed by atoms with Gasteiger partial charge in [0.1, 0.15) is 0 Å². The lowest BCUT2D eigenvalue weighted by molar-refractivity contribution is 0.660. The molecule has 0 atom stereocenters. The molecule has 109 heavy (non-hydrogen) atoms. The molecule has 22 rings (SSSR count). The van der Waals surface area contributed by atoms with Gasteiger partial charge in [0.15, 0.2) is 11.6 Å². The number of nitrogens with zero attached hydrogens (tertiary/aromatic N) is 4. The van der Waals surface area contributed by atoms with Crippen molar-refractivity contribution in [1.82, 2.24) is 19.9 Å². The predicted octanol–water partition coefficient (Wildman–Crippen LogP) is 26.2. The van der Waals surface area contributed by atoms with Gasteiger partial charge in [0, 0.05) is 58.4 Å². The molecular formula is C103H66N4S2. The second kappa shape index (κ2) is 24.6. The van der Waals surface area contributed by atoms with Gasteiger partial charge in [-0.3, -0.25) is 0 Å². The second-order valence-corrected chi connectivity index (χ2v) is 31.9. The fraction of sp³-hybridized carbons (Fsp3) is 0.0485. The Bertz CT molecular complexity index is 6600. The molecule has 17 aromatic rings. The van der Waals surface area contributed by atoms with Gasteiger partial charge in [-0.05, 0) is 171 Å². The van der Waals surface area contributed by atoms with Crippen molar-refractivity contribution in [3.05, 3.63) is 420 Å². The molecule has 0 amide bonds. The molecule has 4 heterocycles. The average molecular weight is 1420 g/mol. The van der Waals surface area contributed by atoms with Crippen LogP contribution in [0.2, 0.25) is 0 Å². The van der Waals surface area contributed by atoms with Crippen molar-refractivity contribution >= 4 is 23.5 Å². The monoisotopic (exact) mass is 1420 g/mol. The van der Waals surface area contributed by atoms with Crippen LogP contribution in [-0.2, 0) is 16.2 Å². The van der Waals surface area contributed by atoms with Crippen LogP contribution < -0.4 is 0 Å². The van der Waals surface area contributed by atoms with E-state index in [1.165, 1.54) is 120 Å². The van der Waals surface area contributed by atoms with Crippen LogP contribution in [-0.4, -0.2) is 19.9 Å². The summed E-state index contributed by atoms with van der Waals surface area (Å²) in [6.45, 7) is 4.69. The van der Waals surface area contributed by atoms with Crippen LogP contribution in [0.15, 0.2) is 384 Å². The fourth-order valence-electron chi connectivity index (χ4n) is 18.9. The molecule has 0 radical (unpaired) electrons. The van der Waals surface area contributed by atoms with Gasteiger partial charge in [-0.1, -0.05) is 353 Å². The quantitative estimate of drug-likeness (QED) is 0.144. The number of benzene rings is 15. The summed E-state index contributed by atoms with van der Waals surface area (Å²) in [5, 5.41) is 0. The molecule has 0 fully saturated rings. The normalized spacial score (nSPS) is 14.1. The summed E-state index contributed by atoms with van der Waals surface area (Å²) in [5.41, 5.74) is 35.6. The van der Waals surface area contributed by atoms with E-state index in [2.05, 4.69) is 378 Å². The van der Waals surface area contributed by atoms with Crippen molar-refractivity contribution < 1.29 is 0 Å². The lowest BCUT2D eigenvalue weighted by atomic mass is 9.67. The van der Waals surface area contributed by atoms with E-state index in [-0.39, 0.29) is 5.41 Å². The van der Waals surface area contributed by atoms with E-state index in [1.807, 2.05) is 23.5 Å². The first-order valence-electron chi connectivity index (χ1n) is 37.5. The molecule has 6 heteroatoms. The van der Waals surface area contributed by atoms with Crippen molar-refractivity contribution in [2.24, 2.45) is 0 Å². The molecule has 15 aromatic carbocycles. The Balaban J connectivity index is 0.661. The highest BCUT2D eigenvalue weighted by atomic mass is 32.2. The van der Waals surface area contributed by atoms with Crippen molar-refractivity contribution in [2.45, 2.75) is 49.7 Å². The van der Waals surface area contributed by atoms with Gasteiger partial charge in [-0.2, -0.15) is 0 Å². The van der Waals surface area contributed by atoms with Gasteiger partial charge in [0.05, 0.1) is 33.6 Å². The topological polar surface area (TPSA) is 51.6 Å². The SMILES string of the molecule is CC1(C)c2ccccc2-c2ccc(-c3cc(-c4cccc(-c5cccc6c5Sc5ccccc5C65c6ccccc6-c6ccccc65)c4)nc(-c4cccc(-c5cccc(-c6nc(-c7ccccc7)cc(-c7ccccc7-c7cccc8c7Sc7ccccc7C87c8ccccc8-c8ccccc87)n6)c5)c4)n3)cc21. The minimum absolute atomic E-state index is 0.205. The first-order chi connectivity index (χ1) is 53.8. The van der Waals surface area contributed by atoms with Crippen LogP contribution in [0.4, 0.5) is 0 Å². The molecule has 5 aliphatic rings. The van der Waals surface area contributed by atoms with Crippen LogP contribution in [0.5, 0.6) is 0 Å². The zero-order chi connectivity index (χ0) is 72.1. The summed E-state index contributed by atoms with van der Waals surface area (Å²) in [4.78, 5) is 27.4. The Hall–Kier alpha value is -12.8. The molecule has 4 nitrogen and oxygen atoms in total. The third-order valence-corrected chi connectivity index (χ3v) is 26.1. The molecule has 2 aromatic heterocycles. The number of hydrogen-bond acceptors (Lipinski definition) is 6. The van der Waals surface area contributed by atoms with Gasteiger partial charge in [-0.25, -0.2) is 19.9 Å². The summed E-state index contributed by atoms with van der Waals surface area (Å²) in [7, 11) is 0. The van der Waals surface area contributed by atoms with Gasteiger partial charge in [0.2, 0.25) is 0 Å². The average Bonchev–Trinajstić information content (AvgIpc) is 1.56. The minimum Gasteiger partial charge on any atom is -0.228 e. The number of rotatable bonds is 9. The van der Waals surface area contributed by atoms with E-state index in [9.17, 15) is 0 Å². The Labute approximate surface area is 642 Å². The van der Waals surface area contributed by atoms with Crippen LogP contribution >= 0.6 is 23.5 Å². The Kier molecular flexibility index (Phi) is 14.3. The highest BCUT2D eigenvalue weighted by molar-refractivity contribution is 8.00. The van der Waals surface area contributed by atoms with Crippen molar-refractivity contribution in [3.8, 4) is 135 Å². The largest absolute Gasteiger partial charge is 0.228 e. The van der Waals surface area contributed by atoms with E-state index in [0.717, 1.165) is 78.4 Å². The minimum atomic E-state index is -0.509. The van der Waals surface area contributed by atoms with E-state index in [4.69, 9.17) is 19.9 Å². The smallest absolute Gasteiger partial charge is 0.160 e. The molecule has 0 saturated carbocycles. The maximum atomic E-state index is 5.63. The zero-order valence-corrected chi connectivity index (χ0v) is 61.4. The first kappa shape index (κ1) is 63.4. The van der Waals surface area contributed by atoms with Gasteiger partial charge >= 0.3 is 0 Å². The number of hydrogen-bond donors (Lipinski definition) is 0. The van der Waals surface area contributed by atoms with Gasteiger partial charge < -0.3 is 0 Å². The van der Waals surface area contributed by atoms with Crippen LogP contribution in [0.3, 0.4) is 0 Å². The van der Waals surface area contributed by atoms with Crippen molar-refractivity contribution in [3.63, 3.8) is 0 Å². The lowest BCUT2D eigenvalue weighted by Gasteiger charge is -2.40. The maximum absolute atomic E-state index is 5.63. The summed E-state index contributed by atoms with van der Waals surface area (Å²) in [6.07, 6.45) is 0. The molecular weight excluding hydrogens is 1360 g/mol. The van der Waals surface area contributed by atoms with E-state index >= 15 is 0 Å². The van der Waals surface area contributed by atoms with E-state index in [0.29, 0.717) is 11.6 Å². The molecule has 0 unspecified atom stereocenters. The molecule has 3 aliphatic carbocycles. The number of aromatic nitrogens is 4. The van der Waals surface area contributed by atoms with Crippen LogP contribution in [0.1, 0.15) is 69.5 Å². The Morgan fingerprint density at radius 1 is 0.193 bits per heavy atom. The highest BCUT2D eigenvalue weighted by Gasteiger charge is 2.52. The molecule has 0 N–H and O–H groups in total. The molecule has 2 aliphatic heterocycles. The van der Waals surface area contributed by atoms with E-state index in [1.54, 1.807) is 0 Å². The summed E-state index contributed by atoms with van der Waals surface area (Å²) in [6, 6.07) is 134. The molecule has 510 valence electrons. The van der Waals surface area contributed by atoms with Gasteiger partial charge in [-0.15, -0.1) is 0 Å². The Morgan fingerprint density at radius 2 is 0.523 bits per heavy atom.